The highest BCUT2D eigenvalue weighted by atomic mass is 79.9. The number of nitrogens with one attached hydrogen (secondary N) is 1. The van der Waals surface area contributed by atoms with E-state index in [0.29, 0.717) is 4.47 Å². The molecule has 1 aromatic carbocycles. The van der Waals surface area contributed by atoms with Gasteiger partial charge in [0, 0.05) is 11.0 Å². The summed E-state index contributed by atoms with van der Waals surface area (Å²) < 4.78 is 5.50. The van der Waals surface area contributed by atoms with Crippen molar-refractivity contribution in [2.24, 2.45) is 0 Å². The van der Waals surface area contributed by atoms with E-state index in [4.69, 9.17) is 21.6 Å². The Morgan fingerprint density at radius 2 is 2.21 bits per heavy atom. The number of ether oxygens (including phenoxy) is 1. The van der Waals surface area contributed by atoms with Crippen LogP contribution in [0.15, 0.2) is 22.7 Å². The summed E-state index contributed by atoms with van der Waals surface area (Å²) in [6, 6.07) is 6.63. The number of halogens is 2. The molecule has 0 aromatic heterocycles. The van der Waals surface area contributed by atoms with E-state index in [1.807, 2.05) is 6.07 Å². The van der Waals surface area contributed by atoms with Crippen molar-refractivity contribution in [1.29, 1.82) is 5.26 Å². The Labute approximate surface area is 123 Å². The molecule has 1 rings (SSSR count). The quantitative estimate of drug-likeness (QED) is 0.656. The minimum absolute atomic E-state index is 0.181. The van der Waals surface area contributed by atoms with E-state index in [1.54, 1.807) is 12.1 Å². The molecule has 1 N–H and O–H groups in total. The lowest BCUT2D eigenvalue weighted by Gasteiger charge is -2.06. The van der Waals surface area contributed by atoms with Crippen LogP contribution in [0, 0.1) is 11.3 Å². The summed E-state index contributed by atoms with van der Waals surface area (Å²) in [6.07, 6.45) is 0.206. The number of amides is 1. The summed E-state index contributed by atoms with van der Waals surface area (Å²) in [6.45, 7) is -0.183. The molecule has 0 radical (unpaired) electrons. The number of hydrogen-bond acceptors (Lipinski definition) is 4. The Balaban J connectivity index is 2.49. The highest BCUT2D eigenvalue weighted by Gasteiger charge is 2.14. The van der Waals surface area contributed by atoms with Gasteiger partial charge in [-0.1, -0.05) is 27.5 Å². The molecule has 0 heterocycles. The lowest BCUT2D eigenvalue weighted by molar-refractivity contribution is -0.124. The van der Waals surface area contributed by atoms with Crippen LogP contribution in [0.3, 0.4) is 0 Å². The molecule has 7 heteroatoms. The number of carbonyl (C=O) groups is 2. The van der Waals surface area contributed by atoms with E-state index in [0.717, 1.165) is 0 Å². The average molecular weight is 346 g/mol. The lowest BCUT2D eigenvalue weighted by atomic mass is 10.2. The molecule has 0 saturated carbocycles. The van der Waals surface area contributed by atoms with E-state index < -0.39 is 18.5 Å². The van der Waals surface area contributed by atoms with Crippen LogP contribution in [0.4, 0.5) is 0 Å². The molecule has 19 heavy (non-hydrogen) atoms. The normalized spacial score (nSPS) is 9.53. The van der Waals surface area contributed by atoms with Gasteiger partial charge in [0.15, 0.2) is 6.61 Å². The number of rotatable bonds is 5. The van der Waals surface area contributed by atoms with Crippen molar-refractivity contribution in [2.45, 2.75) is 6.42 Å². The molecule has 0 saturated heterocycles. The van der Waals surface area contributed by atoms with Gasteiger partial charge in [-0.15, -0.1) is 0 Å². The number of carbonyl (C=O) groups excluding carboxylic acids is 2. The summed E-state index contributed by atoms with van der Waals surface area (Å²) in [5, 5.41) is 11.0. The fraction of sp³-hybridized carbons (Fsp3) is 0.250. The molecular formula is C12H10BrClN2O3. The largest absolute Gasteiger partial charge is 0.452 e. The zero-order valence-electron chi connectivity index (χ0n) is 9.78. The van der Waals surface area contributed by atoms with E-state index in [2.05, 4.69) is 21.2 Å². The first-order valence-electron chi connectivity index (χ1n) is 5.30. The third kappa shape index (κ3) is 5.28. The Hall–Kier alpha value is -1.58. The van der Waals surface area contributed by atoms with Crippen molar-refractivity contribution in [2.75, 3.05) is 13.2 Å². The van der Waals surface area contributed by atoms with Gasteiger partial charge in [0.25, 0.3) is 5.91 Å². The number of nitriles is 1. The Morgan fingerprint density at radius 1 is 1.47 bits per heavy atom. The zero-order chi connectivity index (χ0) is 14.3. The van der Waals surface area contributed by atoms with Crippen LogP contribution in [0.5, 0.6) is 0 Å². The van der Waals surface area contributed by atoms with E-state index in [1.165, 1.54) is 6.07 Å². The second kappa shape index (κ2) is 7.77. The summed E-state index contributed by atoms with van der Waals surface area (Å²) in [5.41, 5.74) is 0.181. The molecule has 1 aromatic rings. The van der Waals surface area contributed by atoms with Crippen molar-refractivity contribution in [3.8, 4) is 6.07 Å². The number of esters is 1. The number of hydrogen-bond donors (Lipinski definition) is 1. The molecule has 0 aliphatic carbocycles. The van der Waals surface area contributed by atoms with Gasteiger partial charge >= 0.3 is 5.97 Å². The van der Waals surface area contributed by atoms with Crippen LogP contribution in [0.1, 0.15) is 16.8 Å². The number of benzene rings is 1. The highest BCUT2D eigenvalue weighted by molar-refractivity contribution is 9.10. The fourth-order valence-electron chi connectivity index (χ4n) is 1.17. The predicted molar refractivity (Wildman–Crippen MR) is 72.7 cm³/mol. The summed E-state index contributed by atoms with van der Waals surface area (Å²) >= 11 is 9.06. The molecule has 5 nitrogen and oxygen atoms in total. The van der Waals surface area contributed by atoms with Gasteiger partial charge in [0.05, 0.1) is 23.1 Å². The van der Waals surface area contributed by atoms with E-state index in [9.17, 15) is 9.59 Å². The lowest BCUT2D eigenvalue weighted by Crippen LogP contribution is -2.29. The van der Waals surface area contributed by atoms with Gasteiger partial charge < -0.3 is 10.1 Å². The molecule has 100 valence electrons. The van der Waals surface area contributed by atoms with Gasteiger partial charge in [-0.2, -0.15) is 5.26 Å². The van der Waals surface area contributed by atoms with Gasteiger partial charge in [0.1, 0.15) is 0 Å². The first-order chi connectivity index (χ1) is 9.04. The summed E-state index contributed by atoms with van der Waals surface area (Å²) in [4.78, 5) is 23.0. The molecule has 0 bridgehead atoms. The molecular weight excluding hydrogens is 336 g/mol. The van der Waals surface area contributed by atoms with Crippen molar-refractivity contribution in [3.63, 3.8) is 0 Å². The van der Waals surface area contributed by atoms with Gasteiger partial charge in [0.2, 0.25) is 0 Å². The van der Waals surface area contributed by atoms with Crippen molar-refractivity contribution >= 4 is 39.4 Å². The van der Waals surface area contributed by atoms with Gasteiger partial charge in [-0.3, -0.25) is 4.79 Å². The highest BCUT2D eigenvalue weighted by Crippen LogP contribution is 2.21. The van der Waals surface area contributed by atoms with Gasteiger partial charge in [-0.05, 0) is 18.2 Å². The van der Waals surface area contributed by atoms with Crippen LogP contribution in [-0.2, 0) is 9.53 Å². The first-order valence-corrected chi connectivity index (χ1v) is 6.47. The maximum Gasteiger partial charge on any atom is 0.340 e. The van der Waals surface area contributed by atoms with E-state index >= 15 is 0 Å². The van der Waals surface area contributed by atoms with Crippen LogP contribution >= 0.6 is 27.5 Å². The number of nitrogens with zero attached hydrogens (tertiary/aromatic N) is 1. The Bertz CT molecular complexity index is 528. The van der Waals surface area contributed by atoms with Crippen molar-refractivity contribution in [3.05, 3.63) is 33.3 Å². The first kappa shape index (κ1) is 15.5. The smallest absolute Gasteiger partial charge is 0.340 e. The summed E-state index contributed by atoms with van der Waals surface area (Å²) in [7, 11) is 0. The van der Waals surface area contributed by atoms with Crippen LogP contribution in [0.25, 0.3) is 0 Å². The molecule has 0 aliphatic heterocycles. The Kier molecular flexibility index (Phi) is 6.33. The van der Waals surface area contributed by atoms with Crippen molar-refractivity contribution in [1.82, 2.24) is 5.32 Å². The minimum atomic E-state index is -0.679. The fourth-order valence-corrected chi connectivity index (χ4v) is 1.73. The van der Waals surface area contributed by atoms with Crippen LogP contribution < -0.4 is 5.32 Å². The average Bonchev–Trinajstić information content (AvgIpc) is 2.39. The predicted octanol–water partition coefficient (Wildman–Crippen LogP) is 2.29. The summed E-state index contributed by atoms with van der Waals surface area (Å²) in [5.74, 6) is -1.14. The van der Waals surface area contributed by atoms with Gasteiger partial charge in [-0.25, -0.2) is 4.79 Å². The third-order valence-electron chi connectivity index (χ3n) is 2.04. The van der Waals surface area contributed by atoms with Crippen molar-refractivity contribution < 1.29 is 14.3 Å². The molecule has 1 amide bonds. The second-order valence-electron chi connectivity index (χ2n) is 3.46. The molecule has 0 atom stereocenters. The maximum absolute atomic E-state index is 11.7. The van der Waals surface area contributed by atoms with E-state index in [-0.39, 0.29) is 23.6 Å². The molecule has 0 unspecified atom stereocenters. The monoisotopic (exact) mass is 344 g/mol. The molecule has 0 spiro atoms. The SMILES string of the molecule is N#CCCNC(=O)COC(=O)c1cc(Br)ccc1Cl. The maximum atomic E-state index is 11.7. The second-order valence-corrected chi connectivity index (χ2v) is 4.78. The third-order valence-corrected chi connectivity index (χ3v) is 2.86. The molecule has 0 aliphatic rings. The Morgan fingerprint density at radius 3 is 2.89 bits per heavy atom. The zero-order valence-corrected chi connectivity index (χ0v) is 12.1. The molecule has 0 fully saturated rings. The standard InChI is InChI=1S/C12H10BrClN2O3/c13-8-2-3-10(14)9(6-8)12(18)19-7-11(17)16-5-1-4-15/h2-3,6H,1,5,7H2,(H,16,17). The topological polar surface area (TPSA) is 79.2 Å². The minimum Gasteiger partial charge on any atom is -0.452 e. The van der Waals surface area contributed by atoms with Crippen LogP contribution in [-0.4, -0.2) is 25.0 Å². The van der Waals surface area contributed by atoms with Crippen LogP contribution in [0.2, 0.25) is 5.02 Å².